The van der Waals surface area contributed by atoms with Crippen LogP contribution < -0.4 is 0 Å². The van der Waals surface area contributed by atoms with E-state index in [0.29, 0.717) is 13.2 Å². The zero-order valence-corrected chi connectivity index (χ0v) is 13.6. The van der Waals surface area contributed by atoms with Gasteiger partial charge in [-0.15, -0.1) is 0 Å². The molecule has 2 atom stereocenters. The van der Waals surface area contributed by atoms with E-state index in [-0.39, 0.29) is 24.7 Å². The minimum absolute atomic E-state index is 0.00279. The number of carbonyl (C=O) groups is 1. The van der Waals surface area contributed by atoms with Crippen molar-refractivity contribution in [1.82, 2.24) is 14.7 Å². The van der Waals surface area contributed by atoms with Crippen molar-refractivity contribution in [3.05, 3.63) is 54.4 Å². The molecule has 1 aliphatic rings. The number of aliphatic hydroxyl groups excluding tert-OH is 1. The summed E-state index contributed by atoms with van der Waals surface area (Å²) in [5.74, 6) is -0.0864. The van der Waals surface area contributed by atoms with Gasteiger partial charge in [0.15, 0.2) is 0 Å². The number of benzene rings is 1. The number of ether oxygens (including phenoxy) is 1. The van der Waals surface area contributed by atoms with Crippen LogP contribution in [0.2, 0.25) is 0 Å². The third kappa shape index (κ3) is 3.72. The molecule has 2 heterocycles. The van der Waals surface area contributed by atoms with Crippen molar-refractivity contribution in [3.63, 3.8) is 0 Å². The predicted molar refractivity (Wildman–Crippen MR) is 90.6 cm³/mol. The van der Waals surface area contributed by atoms with Crippen LogP contribution in [0, 0.1) is 0 Å². The van der Waals surface area contributed by atoms with E-state index in [4.69, 9.17) is 4.74 Å². The molecule has 6 nitrogen and oxygen atoms in total. The molecule has 0 aliphatic carbocycles. The van der Waals surface area contributed by atoms with Crippen molar-refractivity contribution in [2.24, 2.45) is 0 Å². The first kappa shape index (κ1) is 16.4. The molecule has 6 heteroatoms. The van der Waals surface area contributed by atoms with Gasteiger partial charge in [0.25, 0.3) is 0 Å². The Balaban J connectivity index is 1.67. The number of hydrogen-bond donors (Lipinski definition) is 1. The van der Waals surface area contributed by atoms with Gasteiger partial charge in [-0.1, -0.05) is 18.2 Å². The van der Waals surface area contributed by atoms with Crippen molar-refractivity contribution in [3.8, 4) is 5.69 Å². The lowest BCUT2D eigenvalue weighted by atomic mass is 10.2. The Morgan fingerprint density at radius 2 is 2.21 bits per heavy atom. The highest BCUT2D eigenvalue weighted by atomic mass is 16.5. The molecule has 0 bridgehead atoms. The van der Waals surface area contributed by atoms with Crippen LogP contribution in [0.5, 0.6) is 0 Å². The normalized spacial score (nSPS) is 21.3. The maximum atomic E-state index is 12.4. The van der Waals surface area contributed by atoms with Crippen molar-refractivity contribution >= 4 is 12.0 Å². The first-order chi connectivity index (χ1) is 11.7. The number of para-hydroxylation sites is 1. The summed E-state index contributed by atoms with van der Waals surface area (Å²) in [6.45, 7) is 2.71. The fraction of sp³-hybridized carbons (Fsp3) is 0.333. The van der Waals surface area contributed by atoms with Gasteiger partial charge in [0.1, 0.15) is 0 Å². The monoisotopic (exact) mass is 327 g/mol. The predicted octanol–water partition coefficient (Wildman–Crippen LogP) is 1.49. The number of amides is 1. The number of aliphatic hydroxyl groups is 1. The van der Waals surface area contributed by atoms with Gasteiger partial charge in [-0.2, -0.15) is 5.10 Å². The molecule has 0 spiro atoms. The fourth-order valence-electron chi connectivity index (χ4n) is 2.64. The molecule has 126 valence electrons. The zero-order chi connectivity index (χ0) is 16.9. The number of aromatic nitrogens is 2. The molecule has 0 saturated carbocycles. The number of carbonyl (C=O) groups excluding carboxylic acids is 1. The maximum absolute atomic E-state index is 12.4. The average molecular weight is 327 g/mol. The fourth-order valence-corrected chi connectivity index (χ4v) is 2.64. The minimum Gasteiger partial charge on any atom is -0.394 e. The lowest BCUT2D eigenvalue weighted by Gasteiger charge is -2.36. The van der Waals surface area contributed by atoms with Crippen LogP contribution in [0.15, 0.2) is 48.8 Å². The molecule has 3 rings (SSSR count). The summed E-state index contributed by atoms with van der Waals surface area (Å²) in [7, 11) is 0. The second kappa shape index (κ2) is 7.42. The summed E-state index contributed by atoms with van der Waals surface area (Å²) in [6, 6.07) is 9.79. The average Bonchev–Trinajstić information content (AvgIpc) is 3.10. The molecule has 0 radical (unpaired) electrons. The van der Waals surface area contributed by atoms with E-state index >= 15 is 0 Å². The number of morpholine rings is 1. The Hall–Kier alpha value is -2.44. The summed E-state index contributed by atoms with van der Waals surface area (Å²) in [4.78, 5) is 14.1. The molecule has 2 aromatic rings. The first-order valence-corrected chi connectivity index (χ1v) is 7.98. The highest BCUT2D eigenvalue weighted by molar-refractivity contribution is 5.92. The molecule has 1 amide bonds. The van der Waals surface area contributed by atoms with E-state index in [1.54, 1.807) is 27.9 Å². The molecule has 1 fully saturated rings. The zero-order valence-electron chi connectivity index (χ0n) is 13.6. The minimum atomic E-state index is -0.306. The lowest BCUT2D eigenvalue weighted by molar-refractivity contribution is -0.140. The summed E-state index contributed by atoms with van der Waals surface area (Å²) in [5.41, 5.74) is 1.82. The number of nitrogens with zero attached hydrogens (tertiary/aromatic N) is 3. The Labute approximate surface area is 141 Å². The van der Waals surface area contributed by atoms with Gasteiger partial charge in [-0.05, 0) is 25.1 Å². The summed E-state index contributed by atoms with van der Waals surface area (Å²) >= 11 is 0. The van der Waals surface area contributed by atoms with Crippen molar-refractivity contribution in [1.29, 1.82) is 0 Å². The summed E-state index contributed by atoms with van der Waals surface area (Å²) < 4.78 is 7.22. The van der Waals surface area contributed by atoms with E-state index in [1.165, 1.54) is 0 Å². The van der Waals surface area contributed by atoms with E-state index in [9.17, 15) is 9.90 Å². The van der Waals surface area contributed by atoms with E-state index in [1.807, 2.05) is 43.5 Å². The Kier molecular flexibility index (Phi) is 5.08. The summed E-state index contributed by atoms with van der Waals surface area (Å²) in [6.07, 6.45) is 6.58. The Bertz CT molecular complexity index is 711. The van der Waals surface area contributed by atoms with Gasteiger partial charge in [0.05, 0.1) is 37.2 Å². The second-order valence-corrected chi connectivity index (χ2v) is 5.86. The van der Waals surface area contributed by atoms with Crippen LogP contribution in [0.4, 0.5) is 0 Å². The molecular weight excluding hydrogens is 306 g/mol. The standard InChI is InChI=1S/C18H21N3O3/c1-14-13-24-17(12-22)11-20(14)18(23)8-7-15-9-19-21(10-15)16-5-3-2-4-6-16/h2-10,14,17,22H,11-13H2,1H3/b8-7+. The van der Waals surface area contributed by atoms with E-state index in [0.717, 1.165) is 11.3 Å². The first-order valence-electron chi connectivity index (χ1n) is 7.98. The Morgan fingerprint density at radius 3 is 2.96 bits per heavy atom. The van der Waals surface area contributed by atoms with Crippen molar-refractivity contribution in [2.75, 3.05) is 19.8 Å². The summed E-state index contributed by atoms with van der Waals surface area (Å²) in [5, 5.41) is 13.5. The van der Waals surface area contributed by atoms with Gasteiger partial charge in [0, 0.05) is 24.4 Å². The maximum Gasteiger partial charge on any atom is 0.246 e. The largest absolute Gasteiger partial charge is 0.394 e. The molecule has 1 aromatic heterocycles. The van der Waals surface area contributed by atoms with Crippen molar-refractivity contribution < 1.29 is 14.6 Å². The van der Waals surface area contributed by atoms with Gasteiger partial charge < -0.3 is 14.7 Å². The molecular formula is C18H21N3O3. The topological polar surface area (TPSA) is 67.6 Å². The van der Waals surface area contributed by atoms with Gasteiger partial charge in [-0.3, -0.25) is 4.79 Å². The van der Waals surface area contributed by atoms with Gasteiger partial charge in [-0.25, -0.2) is 4.68 Å². The van der Waals surface area contributed by atoms with Crippen LogP contribution in [0.3, 0.4) is 0 Å². The third-order valence-electron chi connectivity index (χ3n) is 4.03. The van der Waals surface area contributed by atoms with Crippen LogP contribution >= 0.6 is 0 Å². The number of hydrogen-bond acceptors (Lipinski definition) is 4. The van der Waals surface area contributed by atoms with Crippen LogP contribution in [0.25, 0.3) is 11.8 Å². The molecule has 24 heavy (non-hydrogen) atoms. The van der Waals surface area contributed by atoms with Crippen LogP contribution in [-0.4, -0.2) is 57.6 Å². The quantitative estimate of drug-likeness (QED) is 0.864. The molecule has 1 aliphatic heterocycles. The second-order valence-electron chi connectivity index (χ2n) is 5.86. The third-order valence-corrected chi connectivity index (χ3v) is 4.03. The van der Waals surface area contributed by atoms with Gasteiger partial charge in [0.2, 0.25) is 5.91 Å². The molecule has 1 N–H and O–H groups in total. The lowest BCUT2D eigenvalue weighted by Crippen LogP contribution is -2.51. The highest BCUT2D eigenvalue weighted by Crippen LogP contribution is 2.13. The SMILES string of the molecule is CC1COC(CO)CN1C(=O)/C=C/c1cnn(-c2ccccc2)c1. The van der Waals surface area contributed by atoms with E-state index < -0.39 is 0 Å². The van der Waals surface area contributed by atoms with Gasteiger partial charge >= 0.3 is 0 Å². The molecule has 2 unspecified atom stereocenters. The van der Waals surface area contributed by atoms with Crippen molar-refractivity contribution in [2.45, 2.75) is 19.1 Å². The number of rotatable bonds is 4. The van der Waals surface area contributed by atoms with Crippen LogP contribution in [-0.2, 0) is 9.53 Å². The molecule has 1 aromatic carbocycles. The Morgan fingerprint density at radius 1 is 1.42 bits per heavy atom. The smallest absolute Gasteiger partial charge is 0.246 e. The highest BCUT2D eigenvalue weighted by Gasteiger charge is 2.27. The molecule has 1 saturated heterocycles. The van der Waals surface area contributed by atoms with Crippen LogP contribution in [0.1, 0.15) is 12.5 Å². The van der Waals surface area contributed by atoms with E-state index in [2.05, 4.69) is 5.10 Å².